The van der Waals surface area contributed by atoms with Crippen LogP contribution >= 0.6 is 0 Å². The van der Waals surface area contributed by atoms with Crippen LogP contribution in [0.25, 0.3) is 10.9 Å². The van der Waals surface area contributed by atoms with Crippen molar-refractivity contribution in [3.05, 3.63) is 23.9 Å². The van der Waals surface area contributed by atoms with Gasteiger partial charge >= 0.3 is 5.97 Å². The van der Waals surface area contributed by atoms with Gasteiger partial charge in [-0.2, -0.15) is 0 Å². The number of quaternary nitrogens is 1. The third-order valence-electron chi connectivity index (χ3n) is 4.85. The van der Waals surface area contributed by atoms with E-state index in [2.05, 4.69) is 10.3 Å². The Balaban J connectivity index is 1.86. The van der Waals surface area contributed by atoms with Gasteiger partial charge in [0.15, 0.2) is 6.54 Å². The van der Waals surface area contributed by atoms with E-state index in [0.717, 1.165) is 23.5 Å². The molecule has 29 heavy (non-hydrogen) atoms. The number of H-pyrrole nitrogens is 1. The van der Waals surface area contributed by atoms with Crippen molar-refractivity contribution in [3.8, 4) is 5.75 Å². The van der Waals surface area contributed by atoms with Crippen LogP contribution in [0, 0.1) is 0 Å². The molecule has 1 fully saturated rings. The van der Waals surface area contributed by atoms with Gasteiger partial charge in [-0.15, -0.1) is 0 Å². The average molecular weight is 404 g/mol. The summed E-state index contributed by atoms with van der Waals surface area (Å²) >= 11 is 0. The highest BCUT2D eigenvalue weighted by molar-refractivity contribution is 6.11. The summed E-state index contributed by atoms with van der Waals surface area (Å²) in [4.78, 5) is 29.5. The van der Waals surface area contributed by atoms with Crippen LogP contribution < -0.4 is 15.0 Å². The molecule has 3 rings (SSSR count). The van der Waals surface area contributed by atoms with Crippen LogP contribution in [0.3, 0.4) is 0 Å². The number of hydrogen-bond donors (Lipinski definition) is 3. The summed E-state index contributed by atoms with van der Waals surface area (Å²) < 4.78 is 16.5. The smallest absolute Gasteiger partial charge is 0.356 e. The van der Waals surface area contributed by atoms with Crippen molar-refractivity contribution < 1.29 is 28.7 Å². The van der Waals surface area contributed by atoms with Gasteiger partial charge in [0, 0.05) is 10.9 Å². The minimum absolute atomic E-state index is 0.110. The molecular weight excluding hydrogens is 374 g/mol. The highest BCUT2D eigenvalue weighted by Gasteiger charge is 2.28. The number of carbonyl (C=O) groups is 2. The summed E-state index contributed by atoms with van der Waals surface area (Å²) in [7, 11) is 0. The van der Waals surface area contributed by atoms with Crippen LogP contribution in [0.2, 0.25) is 0 Å². The van der Waals surface area contributed by atoms with Crippen LogP contribution in [-0.2, 0) is 14.3 Å². The third kappa shape index (κ3) is 5.07. The van der Waals surface area contributed by atoms with Gasteiger partial charge in [0.1, 0.15) is 36.7 Å². The summed E-state index contributed by atoms with van der Waals surface area (Å²) in [6.07, 6.45) is 0.219. The Kier molecular flexibility index (Phi) is 6.76. The maximum Gasteiger partial charge on any atom is 0.356 e. The molecule has 8 nitrogen and oxygen atoms in total. The Bertz CT molecular complexity index is 869. The van der Waals surface area contributed by atoms with Gasteiger partial charge in [-0.05, 0) is 45.9 Å². The molecule has 1 amide bonds. The zero-order chi connectivity index (χ0) is 21.0. The number of ether oxygens (including phenoxy) is 3. The molecule has 3 N–H and O–H groups in total. The maximum atomic E-state index is 12.8. The fourth-order valence-corrected chi connectivity index (χ4v) is 3.86. The number of hydrogen-bond acceptors (Lipinski definition) is 5. The highest BCUT2D eigenvalue weighted by Crippen LogP contribution is 2.31. The Hall–Kier alpha value is -2.58. The Morgan fingerprint density at radius 1 is 1.21 bits per heavy atom. The van der Waals surface area contributed by atoms with E-state index in [0.29, 0.717) is 30.0 Å². The molecule has 8 heteroatoms. The van der Waals surface area contributed by atoms with E-state index in [1.54, 1.807) is 6.92 Å². The predicted octanol–water partition coefficient (Wildman–Crippen LogP) is 1.37. The van der Waals surface area contributed by atoms with Crippen molar-refractivity contribution in [2.45, 2.75) is 39.9 Å². The molecule has 2 atom stereocenters. The van der Waals surface area contributed by atoms with Crippen molar-refractivity contribution >= 4 is 28.5 Å². The molecule has 2 heterocycles. The molecule has 0 unspecified atom stereocenters. The number of aromatic nitrogens is 1. The molecule has 1 aliphatic heterocycles. The van der Waals surface area contributed by atoms with E-state index < -0.39 is 5.97 Å². The molecule has 0 spiro atoms. The zero-order valence-corrected chi connectivity index (χ0v) is 17.5. The molecule has 1 aromatic heterocycles. The molecule has 158 valence electrons. The second-order valence-corrected chi connectivity index (χ2v) is 7.38. The van der Waals surface area contributed by atoms with Crippen LogP contribution in [-0.4, -0.2) is 61.9 Å². The first kappa shape index (κ1) is 21.1. The van der Waals surface area contributed by atoms with Crippen molar-refractivity contribution in [2.24, 2.45) is 0 Å². The highest BCUT2D eigenvalue weighted by atomic mass is 16.5. The standard InChI is InChI=1S/C21H29N3O5/c1-5-27-15-7-8-17-16(9-15)19(20(22-17)21(26)28-6-2)23-18(25)12-24-10-13(3)29-14(4)11-24/h7-9,13-14,22H,5-6,10-12H2,1-4H3,(H,23,25)/p+1/t13-,14-/m0/s1. The quantitative estimate of drug-likeness (QED) is 0.606. The number of amides is 1. The lowest BCUT2D eigenvalue weighted by Gasteiger charge is -2.31. The van der Waals surface area contributed by atoms with E-state index in [4.69, 9.17) is 14.2 Å². The first-order chi connectivity index (χ1) is 13.9. The number of fused-ring (bicyclic) bond motifs is 1. The van der Waals surface area contributed by atoms with Crippen molar-refractivity contribution in [3.63, 3.8) is 0 Å². The number of carbonyl (C=O) groups excluding carboxylic acids is 2. The molecule has 1 saturated heterocycles. The second-order valence-electron chi connectivity index (χ2n) is 7.38. The number of anilines is 1. The Morgan fingerprint density at radius 3 is 2.59 bits per heavy atom. The number of nitrogens with one attached hydrogen (secondary N) is 3. The molecule has 0 aliphatic carbocycles. The summed E-state index contributed by atoms with van der Waals surface area (Å²) in [5.41, 5.74) is 1.40. The largest absolute Gasteiger partial charge is 0.494 e. The van der Waals surface area contributed by atoms with Crippen molar-refractivity contribution in [1.82, 2.24) is 4.98 Å². The second kappa shape index (κ2) is 9.28. The van der Waals surface area contributed by atoms with Gasteiger partial charge in [-0.3, -0.25) is 4.79 Å². The number of aromatic amines is 1. The lowest BCUT2D eigenvalue weighted by molar-refractivity contribution is -0.907. The van der Waals surface area contributed by atoms with E-state index in [9.17, 15) is 9.59 Å². The molecular formula is C21H30N3O5+. The number of esters is 1. The lowest BCUT2D eigenvalue weighted by Crippen LogP contribution is -3.16. The van der Waals surface area contributed by atoms with E-state index in [1.807, 2.05) is 39.0 Å². The van der Waals surface area contributed by atoms with Gasteiger partial charge < -0.3 is 29.4 Å². The SMILES string of the molecule is CCOC(=O)c1[nH]c2ccc(OCC)cc2c1NC(=O)C[NH+]1C[C@H](C)O[C@@H](C)C1. The maximum absolute atomic E-state index is 12.8. The molecule has 1 aromatic carbocycles. The van der Waals surface area contributed by atoms with Crippen molar-refractivity contribution in [2.75, 3.05) is 38.2 Å². The van der Waals surface area contributed by atoms with Gasteiger partial charge in [0.05, 0.1) is 18.9 Å². The van der Waals surface area contributed by atoms with Gasteiger partial charge in [-0.25, -0.2) is 4.79 Å². The molecule has 0 bridgehead atoms. The van der Waals surface area contributed by atoms with Crippen LogP contribution in [0.15, 0.2) is 18.2 Å². The summed E-state index contributed by atoms with van der Waals surface area (Å²) in [6.45, 7) is 10.3. The first-order valence-corrected chi connectivity index (χ1v) is 10.2. The topological polar surface area (TPSA) is 94.1 Å². The number of benzene rings is 1. The van der Waals surface area contributed by atoms with E-state index in [-0.39, 0.29) is 30.4 Å². The molecule has 0 radical (unpaired) electrons. The van der Waals surface area contributed by atoms with Gasteiger partial charge in [0.25, 0.3) is 5.91 Å². The minimum Gasteiger partial charge on any atom is -0.494 e. The van der Waals surface area contributed by atoms with Crippen LogP contribution in [0.1, 0.15) is 38.2 Å². The number of morpholine rings is 1. The fourth-order valence-electron chi connectivity index (χ4n) is 3.86. The van der Waals surface area contributed by atoms with Crippen LogP contribution in [0.4, 0.5) is 5.69 Å². The monoisotopic (exact) mass is 404 g/mol. The first-order valence-electron chi connectivity index (χ1n) is 10.2. The minimum atomic E-state index is -0.502. The summed E-state index contributed by atoms with van der Waals surface area (Å²) in [5, 5.41) is 3.64. The van der Waals surface area contributed by atoms with Crippen LogP contribution in [0.5, 0.6) is 5.75 Å². The predicted molar refractivity (Wildman–Crippen MR) is 110 cm³/mol. The molecule has 2 aromatic rings. The van der Waals surface area contributed by atoms with E-state index >= 15 is 0 Å². The van der Waals surface area contributed by atoms with Gasteiger partial charge in [-0.1, -0.05) is 0 Å². The average Bonchev–Trinajstić information content (AvgIpc) is 2.99. The lowest BCUT2D eigenvalue weighted by atomic mass is 10.2. The molecule has 1 aliphatic rings. The molecule has 0 saturated carbocycles. The zero-order valence-electron chi connectivity index (χ0n) is 17.5. The summed E-state index contributed by atoms with van der Waals surface area (Å²) in [5.74, 6) is 0.0128. The van der Waals surface area contributed by atoms with Gasteiger partial charge in [0.2, 0.25) is 0 Å². The fraction of sp³-hybridized carbons (Fsp3) is 0.524. The third-order valence-corrected chi connectivity index (χ3v) is 4.85. The summed E-state index contributed by atoms with van der Waals surface area (Å²) in [6, 6.07) is 5.47. The Morgan fingerprint density at radius 2 is 1.93 bits per heavy atom. The Labute approximate surface area is 170 Å². The van der Waals surface area contributed by atoms with E-state index in [1.165, 1.54) is 0 Å². The van der Waals surface area contributed by atoms with Crippen molar-refractivity contribution in [1.29, 1.82) is 0 Å². The number of rotatable bonds is 7. The normalized spacial score (nSPS) is 21.7.